The second kappa shape index (κ2) is 3.93. The first-order valence-electron chi connectivity index (χ1n) is 3.78. The number of hydrogen-bond acceptors (Lipinski definition) is 3. The van der Waals surface area contributed by atoms with Crippen LogP contribution in [0, 0.1) is 25.7 Å². The lowest BCUT2D eigenvalue weighted by Crippen LogP contribution is -1.80. The third kappa shape index (κ3) is 1.86. The lowest BCUT2D eigenvalue weighted by atomic mass is 10.2. The minimum atomic E-state index is 0.0936. The van der Waals surface area contributed by atoms with Crippen LogP contribution in [0.2, 0.25) is 0 Å². The van der Waals surface area contributed by atoms with Crippen molar-refractivity contribution in [3.63, 3.8) is 0 Å². The molecule has 0 fully saturated rings. The standard InChI is InChI=1S/C9H11NO2/c1-7-9(5-3-4-6-11)8(2)12-10-7/h11H,4,6H2,1-2H3. The fourth-order valence-electron chi connectivity index (χ4n) is 0.868. The van der Waals surface area contributed by atoms with Crippen molar-refractivity contribution in [2.24, 2.45) is 0 Å². The van der Waals surface area contributed by atoms with E-state index in [2.05, 4.69) is 17.0 Å². The predicted octanol–water partition coefficient (Wildman–Crippen LogP) is 1.03. The number of aliphatic hydroxyl groups is 1. The van der Waals surface area contributed by atoms with Crippen molar-refractivity contribution >= 4 is 0 Å². The van der Waals surface area contributed by atoms with E-state index >= 15 is 0 Å². The molecule has 1 heterocycles. The largest absolute Gasteiger partial charge is 0.395 e. The molecule has 3 heteroatoms. The Morgan fingerprint density at radius 2 is 2.25 bits per heavy atom. The fraction of sp³-hybridized carbons (Fsp3) is 0.444. The highest BCUT2D eigenvalue weighted by Gasteiger charge is 2.04. The minimum Gasteiger partial charge on any atom is -0.395 e. The van der Waals surface area contributed by atoms with Crippen LogP contribution in [0.15, 0.2) is 4.52 Å². The van der Waals surface area contributed by atoms with Crippen molar-refractivity contribution in [1.82, 2.24) is 5.16 Å². The van der Waals surface area contributed by atoms with E-state index < -0.39 is 0 Å². The third-order valence-electron chi connectivity index (χ3n) is 1.48. The molecule has 1 N–H and O–H groups in total. The Labute approximate surface area is 71.4 Å². The predicted molar refractivity (Wildman–Crippen MR) is 44.6 cm³/mol. The summed E-state index contributed by atoms with van der Waals surface area (Å²) in [5.74, 6) is 6.45. The Kier molecular flexibility index (Phi) is 2.89. The average Bonchev–Trinajstić information content (AvgIpc) is 2.35. The number of aromatic nitrogens is 1. The highest BCUT2D eigenvalue weighted by Crippen LogP contribution is 2.09. The van der Waals surface area contributed by atoms with Crippen LogP contribution < -0.4 is 0 Å². The molecule has 0 saturated heterocycles. The molecule has 0 saturated carbocycles. The van der Waals surface area contributed by atoms with Crippen LogP contribution in [0.4, 0.5) is 0 Å². The molecule has 0 aliphatic carbocycles. The highest BCUT2D eigenvalue weighted by atomic mass is 16.5. The van der Waals surface area contributed by atoms with Gasteiger partial charge in [0.25, 0.3) is 0 Å². The lowest BCUT2D eigenvalue weighted by Gasteiger charge is -1.83. The van der Waals surface area contributed by atoms with Gasteiger partial charge in [-0.3, -0.25) is 0 Å². The molecule has 1 aromatic heterocycles. The molecule has 3 nitrogen and oxygen atoms in total. The van der Waals surface area contributed by atoms with Crippen LogP contribution in [0.3, 0.4) is 0 Å². The summed E-state index contributed by atoms with van der Waals surface area (Å²) in [6, 6.07) is 0. The molecule has 0 unspecified atom stereocenters. The molecular formula is C9H11NO2. The summed E-state index contributed by atoms with van der Waals surface area (Å²) in [6.07, 6.45) is 0.490. The van der Waals surface area contributed by atoms with Crippen LogP contribution in [0.25, 0.3) is 0 Å². The normalized spacial score (nSPS) is 9.25. The summed E-state index contributed by atoms with van der Waals surface area (Å²) in [7, 11) is 0. The second-order valence-electron chi connectivity index (χ2n) is 2.47. The van der Waals surface area contributed by atoms with Gasteiger partial charge >= 0.3 is 0 Å². The molecule has 64 valence electrons. The molecular weight excluding hydrogens is 154 g/mol. The zero-order valence-corrected chi connectivity index (χ0v) is 7.22. The van der Waals surface area contributed by atoms with E-state index in [0.717, 1.165) is 17.0 Å². The molecule has 0 bridgehead atoms. The van der Waals surface area contributed by atoms with Gasteiger partial charge in [0.15, 0.2) is 0 Å². The number of hydrogen-bond donors (Lipinski definition) is 1. The molecule has 1 rings (SSSR count). The van der Waals surface area contributed by atoms with Gasteiger partial charge in [0, 0.05) is 6.42 Å². The van der Waals surface area contributed by atoms with E-state index in [9.17, 15) is 0 Å². The van der Waals surface area contributed by atoms with E-state index in [1.165, 1.54) is 0 Å². The number of rotatable bonds is 1. The number of aliphatic hydroxyl groups excluding tert-OH is 1. The Morgan fingerprint density at radius 1 is 1.50 bits per heavy atom. The summed E-state index contributed by atoms with van der Waals surface area (Å²) in [6.45, 7) is 3.76. The summed E-state index contributed by atoms with van der Waals surface area (Å²) in [4.78, 5) is 0. The SMILES string of the molecule is Cc1noc(C)c1C#CCCO. The van der Waals surface area contributed by atoms with E-state index in [-0.39, 0.29) is 6.61 Å². The van der Waals surface area contributed by atoms with Crippen LogP contribution in [0.1, 0.15) is 23.4 Å². The fourth-order valence-corrected chi connectivity index (χ4v) is 0.868. The number of aryl methyl sites for hydroxylation is 2. The smallest absolute Gasteiger partial charge is 0.149 e. The molecule has 0 aliphatic rings. The summed E-state index contributed by atoms with van der Waals surface area (Å²) >= 11 is 0. The Morgan fingerprint density at radius 3 is 2.75 bits per heavy atom. The molecule has 12 heavy (non-hydrogen) atoms. The third-order valence-corrected chi connectivity index (χ3v) is 1.48. The van der Waals surface area contributed by atoms with Crippen LogP contribution in [0.5, 0.6) is 0 Å². The van der Waals surface area contributed by atoms with Gasteiger partial charge in [0.2, 0.25) is 0 Å². The van der Waals surface area contributed by atoms with Crippen molar-refractivity contribution in [3.8, 4) is 11.8 Å². The molecule has 0 atom stereocenters. The maximum atomic E-state index is 8.49. The van der Waals surface area contributed by atoms with Crippen LogP contribution >= 0.6 is 0 Å². The monoisotopic (exact) mass is 165 g/mol. The first-order chi connectivity index (χ1) is 5.75. The Balaban J connectivity index is 2.82. The molecule has 1 aromatic rings. The Bertz CT molecular complexity index is 298. The van der Waals surface area contributed by atoms with Gasteiger partial charge in [-0.2, -0.15) is 0 Å². The zero-order chi connectivity index (χ0) is 8.97. The Hall–Kier alpha value is -1.27. The molecule has 0 radical (unpaired) electrons. The number of nitrogens with zero attached hydrogens (tertiary/aromatic N) is 1. The van der Waals surface area contributed by atoms with Crippen molar-refractivity contribution in [1.29, 1.82) is 0 Å². The topological polar surface area (TPSA) is 46.3 Å². The van der Waals surface area contributed by atoms with E-state index in [4.69, 9.17) is 9.63 Å². The van der Waals surface area contributed by atoms with Crippen molar-refractivity contribution < 1.29 is 9.63 Å². The minimum absolute atomic E-state index is 0.0936. The quantitative estimate of drug-likeness (QED) is 0.632. The van der Waals surface area contributed by atoms with Gasteiger partial charge in [-0.15, -0.1) is 0 Å². The highest BCUT2D eigenvalue weighted by molar-refractivity contribution is 5.39. The van der Waals surface area contributed by atoms with Crippen LogP contribution in [-0.2, 0) is 0 Å². The first-order valence-corrected chi connectivity index (χ1v) is 3.78. The van der Waals surface area contributed by atoms with E-state index in [1.54, 1.807) is 0 Å². The summed E-state index contributed by atoms with van der Waals surface area (Å²) in [5, 5.41) is 12.2. The van der Waals surface area contributed by atoms with Crippen molar-refractivity contribution in [2.45, 2.75) is 20.3 Å². The maximum absolute atomic E-state index is 8.49. The van der Waals surface area contributed by atoms with Gasteiger partial charge < -0.3 is 9.63 Å². The van der Waals surface area contributed by atoms with Gasteiger partial charge in [-0.05, 0) is 13.8 Å². The van der Waals surface area contributed by atoms with Gasteiger partial charge in [-0.25, -0.2) is 0 Å². The lowest BCUT2D eigenvalue weighted by molar-refractivity contribution is 0.305. The van der Waals surface area contributed by atoms with E-state index in [1.807, 2.05) is 13.8 Å². The van der Waals surface area contributed by atoms with Gasteiger partial charge in [0.05, 0.1) is 17.9 Å². The summed E-state index contributed by atoms with van der Waals surface area (Å²) < 4.78 is 4.91. The zero-order valence-electron chi connectivity index (χ0n) is 7.22. The average molecular weight is 165 g/mol. The van der Waals surface area contributed by atoms with Gasteiger partial charge in [0.1, 0.15) is 5.76 Å². The molecule has 0 aliphatic heterocycles. The first kappa shape index (κ1) is 8.82. The van der Waals surface area contributed by atoms with Crippen molar-refractivity contribution in [3.05, 3.63) is 17.0 Å². The molecule has 0 spiro atoms. The van der Waals surface area contributed by atoms with Crippen molar-refractivity contribution in [2.75, 3.05) is 6.61 Å². The maximum Gasteiger partial charge on any atom is 0.149 e. The summed E-state index contributed by atoms with van der Waals surface area (Å²) in [5.41, 5.74) is 1.64. The second-order valence-corrected chi connectivity index (χ2v) is 2.47. The van der Waals surface area contributed by atoms with Gasteiger partial charge in [-0.1, -0.05) is 17.0 Å². The molecule has 0 amide bonds. The van der Waals surface area contributed by atoms with E-state index in [0.29, 0.717) is 6.42 Å². The van der Waals surface area contributed by atoms with Crippen LogP contribution in [-0.4, -0.2) is 16.9 Å². The molecule has 0 aromatic carbocycles.